The Morgan fingerprint density at radius 1 is 0.438 bits per heavy atom. The lowest BCUT2D eigenvalue weighted by molar-refractivity contribution is -0.870. The summed E-state index contributed by atoms with van der Waals surface area (Å²) in [6.45, 7) is 4.14. The summed E-state index contributed by atoms with van der Waals surface area (Å²) in [5, 5.41) is 0. The monoisotopic (exact) mass is 1050 g/mol. The van der Waals surface area contributed by atoms with E-state index in [2.05, 4.69) is 74.6 Å². The van der Waals surface area contributed by atoms with Gasteiger partial charge in [-0.3, -0.25) is 14.2 Å². The number of phosphoric ester groups is 1. The van der Waals surface area contributed by atoms with Gasteiger partial charge in [0.1, 0.15) is 19.8 Å². The van der Waals surface area contributed by atoms with Gasteiger partial charge in [-0.1, -0.05) is 267 Å². The second-order valence-electron chi connectivity index (χ2n) is 21.7. The maximum atomic E-state index is 12.8. The first kappa shape index (κ1) is 70.7. The topological polar surface area (TPSA) is 111 Å². The molecule has 0 aromatic heterocycles. The fourth-order valence-corrected chi connectivity index (χ4v) is 9.36. The van der Waals surface area contributed by atoms with Gasteiger partial charge in [-0.2, -0.15) is 0 Å². The van der Waals surface area contributed by atoms with Crippen LogP contribution in [0.5, 0.6) is 0 Å². The Morgan fingerprint density at radius 2 is 0.781 bits per heavy atom. The quantitative estimate of drug-likeness (QED) is 0.0195. The Bertz CT molecular complexity index is 1420. The fourth-order valence-electron chi connectivity index (χ4n) is 8.63. The summed E-state index contributed by atoms with van der Waals surface area (Å²) in [6.07, 6.45) is 70.0. The largest absolute Gasteiger partial charge is 0.756 e. The fraction of sp³-hybridized carbons (Fsp3) is 0.810. The van der Waals surface area contributed by atoms with Crippen molar-refractivity contribution in [2.75, 3.05) is 47.5 Å². The molecule has 0 heterocycles. The molecule has 10 heteroatoms. The molecule has 2 unspecified atom stereocenters. The van der Waals surface area contributed by atoms with Gasteiger partial charge in [0.05, 0.1) is 27.7 Å². The van der Waals surface area contributed by atoms with Crippen molar-refractivity contribution >= 4 is 19.8 Å². The smallest absolute Gasteiger partial charge is 0.306 e. The first-order valence-electron chi connectivity index (χ1n) is 30.5. The molecule has 0 radical (unpaired) electrons. The average Bonchev–Trinajstić information content (AvgIpc) is 3.35. The molecule has 2 atom stereocenters. The predicted molar refractivity (Wildman–Crippen MR) is 310 cm³/mol. The van der Waals surface area contributed by atoms with Crippen molar-refractivity contribution in [1.29, 1.82) is 0 Å². The molecule has 0 aliphatic heterocycles. The zero-order chi connectivity index (χ0) is 53.5. The molecule has 0 saturated carbocycles. The van der Waals surface area contributed by atoms with Crippen LogP contribution in [0.25, 0.3) is 0 Å². The van der Waals surface area contributed by atoms with Crippen LogP contribution in [0.4, 0.5) is 0 Å². The Morgan fingerprint density at radius 3 is 1.16 bits per heavy atom. The van der Waals surface area contributed by atoms with Crippen molar-refractivity contribution in [3.05, 3.63) is 60.8 Å². The van der Waals surface area contributed by atoms with Gasteiger partial charge in [-0.15, -0.1) is 0 Å². The van der Waals surface area contributed by atoms with Gasteiger partial charge >= 0.3 is 11.9 Å². The number of esters is 2. The van der Waals surface area contributed by atoms with E-state index in [0.29, 0.717) is 17.4 Å². The Kier molecular flexibility index (Phi) is 52.8. The number of allylic oxidation sites excluding steroid dienone is 10. The number of hydrogen-bond donors (Lipinski definition) is 0. The molecule has 0 amide bonds. The molecule has 0 bridgehead atoms. The van der Waals surface area contributed by atoms with E-state index in [1.807, 2.05) is 21.1 Å². The van der Waals surface area contributed by atoms with Crippen LogP contribution in [-0.2, 0) is 32.7 Å². The minimum atomic E-state index is -4.64. The number of rotatable bonds is 56. The SMILES string of the molecule is CC/C=C\C/C=C\C/C=C\C/C=C\C/C=C\CCCCCCCC(=O)OC(COC(=O)CCCCCCCCCCCCCCCCCCCCCCCCCCCCCC)COP(=O)([O-])OCC[N+](C)(C)C. The normalized spacial score (nSPS) is 13.7. The molecule has 0 saturated heterocycles. The standard InChI is InChI=1S/C63H116NO8P/c1-6-8-10-12-14-16-18-20-22-24-26-28-29-30-31-32-33-34-36-37-39-41-43-45-47-49-51-53-55-62(65)69-59-61(60-71-73(67,68)70-58-57-64(3,4)5)72-63(66)56-54-52-50-48-46-44-42-40-38-35-27-25-23-21-19-17-15-13-11-9-7-2/h9,11,15,17,21,23,27,35,40,42,61H,6-8,10,12-14,16,18-20,22,24-26,28-34,36-39,41,43-60H2,1-5H3/b11-9-,17-15-,23-21-,35-27-,42-40-. The van der Waals surface area contributed by atoms with Gasteiger partial charge in [-0.25, -0.2) is 0 Å². The number of nitrogens with zero attached hydrogens (tertiary/aromatic N) is 1. The van der Waals surface area contributed by atoms with E-state index in [4.69, 9.17) is 18.5 Å². The third kappa shape index (κ3) is 58.8. The second kappa shape index (κ2) is 54.5. The number of likely N-dealkylation sites (N-methyl/N-ethyl adjacent to an activating group) is 1. The van der Waals surface area contributed by atoms with Gasteiger partial charge in [0, 0.05) is 12.8 Å². The summed E-state index contributed by atoms with van der Waals surface area (Å²) in [7, 11) is 1.15. The molecule has 0 aliphatic rings. The van der Waals surface area contributed by atoms with Crippen LogP contribution >= 0.6 is 7.82 Å². The number of phosphoric acid groups is 1. The lowest BCUT2D eigenvalue weighted by Crippen LogP contribution is -2.37. The van der Waals surface area contributed by atoms with Crippen LogP contribution in [0, 0.1) is 0 Å². The summed E-state index contributed by atoms with van der Waals surface area (Å²) in [4.78, 5) is 37.9. The molecule has 73 heavy (non-hydrogen) atoms. The highest BCUT2D eigenvalue weighted by Crippen LogP contribution is 2.38. The Hall–Kier alpha value is -2.29. The van der Waals surface area contributed by atoms with Gasteiger partial charge in [-0.05, 0) is 57.8 Å². The van der Waals surface area contributed by atoms with E-state index >= 15 is 0 Å². The average molecular weight is 1050 g/mol. The van der Waals surface area contributed by atoms with Crippen molar-refractivity contribution in [3.63, 3.8) is 0 Å². The number of quaternary nitrogens is 1. The van der Waals surface area contributed by atoms with E-state index in [-0.39, 0.29) is 32.0 Å². The van der Waals surface area contributed by atoms with E-state index < -0.39 is 26.5 Å². The summed E-state index contributed by atoms with van der Waals surface area (Å²) >= 11 is 0. The van der Waals surface area contributed by atoms with E-state index in [9.17, 15) is 19.0 Å². The van der Waals surface area contributed by atoms with Crippen LogP contribution in [0.3, 0.4) is 0 Å². The molecule has 0 aromatic rings. The highest BCUT2D eigenvalue weighted by atomic mass is 31.2. The van der Waals surface area contributed by atoms with Gasteiger partial charge in [0.2, 0.25) is 0 Å². The first-order chi connectivity index (χ1) is 35.5. The molecule has 0 aromatic carbocycles. The van der Waals surface area contributed by atoms with Crippen LogP contribution in [0.2, 0.25) is 0 Å². The second-order valence-corrected chi connectivity index (χ2v) is 23.1. The lowest BCUT2D eigenvalue weighted by atomic mass is 10.0. The molecular weight excluding hydrogens is 930 g/mol. The lowest BCUT2D eigenvalue weighted by Gasteiger charge is -2.28. The van der Waals surface area contributed by atoms with Crippen LogP contribution < -0.4 is 4.89 Å². The molecule has 426 valence electrons. The highest BCUT2D eigenvalue weighted by molar-refractivity contribution is 7.45. The molecule has 0 spiro atoms. The summed E-state index contributed by atoms with van der Waals surface area (Å²) in [6, 6.07) is 0. The number of ether oxygens (including phenoxy) is 2. The van der Waals surface area contributed by atoms with E-state index in [1.54, 1.807) is 0 Å². The summed E-state index contributed by atoms with van der Waals surface area (Å²) < 4.78 is 34.2. The molecule has 9 nitrogen and oxygen atoms in total. The number of unbranched alkanes of at least 4 members (excludes halogenated alkanes) is 32. The van der Waals surface area contributed by atoms with Crippen LogP contribution in [0.1, 0.15) is 277 Å². The third-order valence-electron chi connectivity index (χ3n) is 13.3. The maximum Gasteiger partial charge on any atom is 0.306 e. The van der Waals surface area contributed by atoms with Gasteiger partial charge in [0.15, 0.2) is 6.10 Å². The van der Waals surface area contributed by atoms with Gasteiger partial charge in [0.25, 0.3) is 7.82 Å². The van der Waals surface area contributed by atoms with Crippen molar-refractivity contribution in [2.45, 2.75) is 283 Å². The molecule has 0 aliphatic carbocycles. The van der Waals surface area contributed by atoms with Crippen LogP contribution in [0.15, 0.2) is 60.8 Å². The van der Waals surface area contributed by atoms with Crippen molar-refractivity contribution in [1.82, 2.24) is 0 Å². The van der Waals surface area contributed by atoms with E-state index in [0.717, 1.165) is 83.5 Å². The molecule has 0 N–H and O–H groups in total. The molecular formula is C63H116NO8P. The highest BCUT2D eigenvalue weighted by Gasteiger charge is 2.22. The van der Waals surface area contributed by atoms with Gasteiger partial charge < -0.3 is 27.9 Å². The third-order valence-corrected chi connectivity index (χ3v) is 14.3. The zero-order valence-corrected chi connectivity index (χ0v) is 49.2. The minimum Gasteiger partial charge on any atom is -0.756 e. The summed E-state index contributed by atoms with van der Waals surface area (Å²) in [5.41, 5.74) is 0. The number of carbonyl (C=O) groups excluding carboxylic acids is 2. The molecule has 0 rings (SSSR count). The van der Waals surface area contributed by atoms with Crippen LogP contribution in [-0.4, -0.2) is 70.0 Å². The first-order valence-corrected chi connectivity index (χ1v) is 32.0. The summed E-state index contributed by atoms with van der Waals surface area (Å²) in [5.74, 6) is -0.846. The van der Waals surface area contributed by atoms with E-state index in [1.165, 1.54) is 161 Å². The number of carbonyl (C=O) groups is 2. The Labute approximate surface area is 451 Å². The molecule has 0 fully saturated rings. The van der Waals surface area contributed by atoms with Crippen molar-refractivity contribution in [3.8, 4) is 0 Å². The van der Waals surface area contributed by atoms with Crippen molar-refractivity contribution in [2.24, 2.45) is 0 Å². The Balaban J connectivity index is 4.11. The zero-order valence-electron chi connectivity index (χ0n) is 48.3. The van der Waals surface area contributed by atoms with Crippen molar-refractivity contribution < 1.29 is 42.1 Å². The number of hydrogen-bond acceptors (Lipinski definition) is 8. The predicted octanol–water partition coefficient (Wildman–Crippen LogP) is 18.5. The maximum absolute atomic E-state index is 12.8. The minimum absolute atomic E-state index is 0.0360.